The highest BCUT2D eigenvalue weighted by Crippen LogP contribution is 2.29. The Labute approximate surface area is 198 Å². The summed E-state index contributed by atoms with van der Waals surface area (Å²) < 4.78 is 25.3. The predicted octanol–water partition coefficient (Wildman–Crippen LogP) is 3.29. The maximum absolute atomic E-state index is 13.3. The number of halogens is 2. The molecule has 4 atom stereocenters. The molecule has 0 unspecified atom stereocenters. The Balaban J connectivity index is 1.34. The van der Waals surface area contributed by atoms with Crippen molar-refractivity contribution in [2.24, 2.45) is 0 Å². The van der Waals surface area contributed by atoms with Crippen LogP contribution in [0, 0.1) is 5.82 Å². The first kappa shape index (κ1) is 24.1. The van der Waals surface area contributed by atoms with Crippen LogP contribution in [-0.2, 0) is 27.4 Å². The van der Waals surface area contributed by atoms with Crippen molar-refractivity contribution in [3.63, 3.8) is 0 Å². The lowest BCUT2D eigenvalue weighted by atomic mass is 9.94. The Morgan fingerprint density at radius 3 is 2.76 bits per heavy atom. The summed E-state index contributed by atoms with van der Waals surface area (Å²) in [5.74, 6) is -0.441. The van der Waals surface area contributed by atoms with Gasteiger partial charge < -0.3 is 19.9 Å². The van der Waals surface area contributed by atoms with E-state index in [-0.39, 0.29) is 49.5 Å². The maximum Gasteiger partial charge on any atom is 0.222 e. The molecular weight excluding hydrogens is 447 g/mol. The summed E-state index contributed by atoms with van der Waals surface area (Å²) in [6.45, 7) is 2.08. The van der Waals surface area contributed by atoms with Gasteiger partial charge in [-0.2, -0.15) is 0 Å². The Kier molecular flexibility index (Phi) is 8.33. The highest BCUT2D eigenvalue weighted by molar-refractivity contribution is 6.30. The molecule has 2 N–H and O–H groups in total. The number of fused-ring (bicyclic) bond motifs is 1. The number of ether oxygens (including phenoxy) is 2. The van der Waals surface area contributed by atoms with Crippen LogP contribution in [0.3, 0.4) is 0 Å². The van der Waals surface area contributed by atoms with E-state index in [9.17, 15) is 14.3 Å². The molecule has 2 fully saturated rings. The molecule has 0 bridgehead atoms. The number of amides is 1. The quantitative estimate of drug-likeness (QED) is 0.669. The lowest BCUT2D eigenvalue weighted by Gasteiger charge is -2.44. The highest BCUT2D eigenvalue weighted by atomic mass is 35.5. The van der Waals surface area contributed by atoms with Crippen LogP contribution in [0.1, 0.15) is 30.4 Å². The van der Waals surface area contributed by atoms with Gasteiger partial charge in [-0.05, 0) is 48.2 Å². The van der Waals surface area contributed by atoms with Crippen molar-refractivity contribution in [1.29, 1.82) is 0 Å². The molecule has 4 rings (SSSR count). The first-order chi connectivity index (χ1) is 16.0. The van der Waals surface area contributed by atoms with Gasteiger partial charge in [0.1, 0.15) is 5.82 Å². The zero-order valence-electron chi connectivity index (χ0n) is 18.5. The van der Waals surface area contributed by atoms with Gasteiger partial charge in [0.05, 0.1) is 37.9 Å². The summed E-state index contributed by atoms with van der Waals surface area (Å²) in [4.78, 5) is 14.7. The van der Waals surface area contributed by atoms with Crippen LogP contribution < -0.4 is 5.32 Å². The van der Waals surface area contributed by atoms with Gasteiger partial charge in [-0.15, -0.1) is 0 Å². The number of benzene rings is 2. The molecule has 2 aromatic carbocycles. The molecule has 178 valence electrons. The Bertz CT molecular complexity index is 929. The summed E-state index contributed by atoms with van der Waals surface area (Å²) in [5.41, 5.74) is 1.84. The molecule has 0 aromatic heterocycles. The molecule has 0 saturated carbocycles. The minimum absolute atomic E-state index is 0.0854. The van der Waals surface area contributed by atoms with Crippen LogP contribution in [0.2, 0.25) is 5.02 Å². The average molecular weight is 477 g/mol. The van der Waals surface area contributed by atoms with E-state index in [4.69, 9.17) is 21.1 Å². The molecular formula is C25H30ClFN2O4. The van der Waals surface area contributed by atoms with Gasteiger partial charge in [0.25, 0.3) is 0 Å². The topological polar surface area (TPSA) is 71.0 Å². The molecule has 2 aliphatic heterocycles. The number of rotatable bonds is 6. The van der Waals surface area contributed by atoms with E-state index >= 15 is 0 Å². The number of carbonyl (C=O) groups is 1. The van der Waals surface area contributed by atoms with Crippen molar-refractivity contribution >= 4 is 17.5 Å². The molecule has 2 aromatic rings. The number of hydrogen-bond acceptors (Lipinski definition) is 5. The molecule has 6 nitrogen and oxygen atoms in total. The van der Waals surface area contributed by atoms with Crippen LogP contribution in [0.25, 0.3) is 0 Å². The molecule has 2 aliphatic rings. The van der Waals surface area contributed by atoms with Crippen LogP contribution in [0.15, 0.2) is 48.5 Å². The van der Waals surface area contributed by atoms with Crippen molar-refractivity contribution in [2.75, 3.05) is 19.8 Å². The normalized spacial score (nSPS) is 26.2. The van der Waals surface area contributed by atoms with Gasteiger partial charge in [0, 0.05) is 30.7 Å². The van der Waals surface area contributed by atoms with Gasteiger partial charge in [-0.25, -0.2) is 4.39 Å². The number of carbonyl (C=O) groups excluding carboxylic acids is 1. The second-order valence-electron chi connectivity index (χ2n) is 8.80. The van der Waals surface area contributed by atoms with Crippen molar-refractivity contribution in [1.82, 2.24) is 10.2 Å². The molecule has 2 saturated heterocycles. The average Bonchev–Trinajstić information content (AvgIpc) is 2.78. The summed E-state index contributed by atoms with van der Waals surface area (Å²) in [5, 5.41) is 13.9. The van der Waals surface area contributed by atoms with E-state index in [0.29, 0.717) is 24.7 Å². The monoisotopic (exact) mass is 476 g/mol. The first-order valence-corrected chi connectivity index (χ1v) is 11.7. The van der Waals surface area contributed by atoms with Gasteiger partial charge >= 0.3 is 0 Å². The third-order valence-electron chi connectivity index (χ3n) is 6.18. The minimum Gasteiger partial charge on any atom is -0.389 e. The fraction of sp³-hybridized carbons (Fsp3) is 0.480. The van der Waals surface area contributed by atoms with E-state index in [1.54, 1.807) is 12.1 Å². The lowest BCUT2D eigenvalue weighted by molar-refractivity contribution is -0.158. The fourth-order valence-electron chi connectivity index (χ4n) is 4.58. The van der Waals surface area contributed by atoms with E-state index < -0.39 is 6.10 Å². The molecule has 33 heavy (non-hydrogen) atoms. The van der Waals surface area contributed by atoms with Crippen LogP contribution in [0.4, 0.5) is 4.39 Å². The van der Waals surface area contributed by atoms with Gasteiger partial charge in [-0.3, -0.25) is 9.69 Å². The van der Waals surface area contributed by atoms with Gasteiger partial charge in [0.15, 0.2) is 0 Å². The first-order valence-electron chi connectivity index (χ1n) is 11.4. The number of nitrogens with one attached hydrogen (secondary N) is 1. The van der Waals surface area contributed by atoms with Crippen LogP contribution in [-0.4, -0.2) is 60.0 Å². The predicted molar refractivity (Wildman–Crippen MR) is 123 cm³/mol. The molecule has 0 radical (unpaired) electrons. The third kappa shape index (κ3) is 6.98. The van der Waals surface area contributed by atoms with E-state index in [1.165, 1.54) is 12.1 Å². The molecule has 1 amide bonds. The standard InChI is InChI=1S/C25H30ClFN2O4/c26-19-6-4-17(5-7-19)13-29-14-21(30)15-32-16-24-23(29)9-8-22(33-24)11-25(31)28-12-18-2-1-3-20(27)10-18/h1-7,10,21-24,30H,8-9,11-16H2,(H,28,31)/t21-,22+,23+,24-/m0/s1. The summed E-state index contributed by atoms with van der Waals surface area (Å²) in [7, 11) is 0. The fourth-order valence-corrected chi connectivity index (χ4v) is 4.70. The molecule has 0 aliphatic carbocycles. The number of aliphatic hydroxyl groups excluding tert-OH is 1. The van der Waals surface area contributed by atoms with E-state index in [0.717, 1.165) is 24.0 Å². The van der Waals surface area contributed by atoms with Crippen LogP contribution >= 0.6 is 11.6 Å². The smallest absolute Gasteiger partial charge is 0.222 e. The van der Waals surface area contributed by atoms with Crippen molar-refractivity contribution in [3.05, 3.63) is 70.5 Å². The van der Waals surface area contributed by atoms with Gasteiger partial charge in [-0.1, -0.05) is 35.9 Å². The Morgan fingerprint density at radius 2 is 1.97 bits per heavy atom. The zero-order chi connectivity index (χ0) is 23.2. The lowest BCUT2D eigenvalue weighted by Crippen LogP contribution is -2.55. The Morgan fingerprint density at radius 1 is 1.15 bits per heavy atom. The second-order valence-corrected chi connectivity index (χ2v) is 9.24. The third-order valence-corrected chi connectivity index (χ3v) is 6.43. The van der Waals surface area contributed by atoms with Crippen LogP contribution in [0.5, 0.6) is 0 Å². The molecule has 0 spiro atoms. The number of aliphatic hydroxyl groups is 1. The molecule has 2 heterocycles. The highest BCUT2D eigenvalue weighted by Gasteiger charge is 2.38. The maximum atomic E-state index is 13.3. The molecule has 8 heteroatoms. The summed E-state index contributed by atoms with van der Waals surface area (Å²) in [6, 6.07) is 14.0. The van der Waals surface area contributed by atoms with E-state index in [1.807, 2.05) is 24.3 Å². The Hall–Kier alpha value is -2.03. The number of hydrogen-bond donors (Lipinski definition) is 2. The van der Waals surface area contributed by atoms with Crippen molar-refractivity contribution in [3.8, 4) is 0 Å². The summed E-state index contributed by atoms with van der Waals surface area (Å²) in [6.07, 6.45) is 0.879. The van der Waals surface area contributed by atoms with Gasteiger partial charge in [0.2, 0.25) is 5.91 Å². The second kappa shape index (κ2) is 11.4. The van der Waals surface area contributed by atoms with Crippen molar-refractivity contribution < 1.29 is 23.8 Å². The SMILES string of the molecule is O=C(C[C@H]1CC[C@@H]2[C@H](COC[C@@H](O)CN2Cc2ccc(Cl)cc2)O1)NCc1cccc(F)c1. The summed E-state index contributed by atoms with van der Waals surface area (Å²) >= 11 is 6.02. The van der Waals surface area contributed by atoms with Crippen molar-refractivity contribution in [2.45, 2.75) is 56.7 Å². The number of nitrogens with zero attached hydrogens (tertiary/aromatic N) is 1. The minimum atomic E-state index is -0.565. The largest absolute Gasteiger partial charge is 0.389 e. The van der Waals surface area contributed by atoms with E-state index in [2.05, 4.69) is 10.2 Å². The zero-order valence-corrected chi connectivity index (χ0v) is 19.2. The number of β-amino-alcohol motifs (C(OH)–C–C–N with tert-alkyl or cyclic N) is 1.